The van der Waals surface area contributed by atoms with E-state index in [2.05, 4.69) is 48.0 Å². The van der Waals surface area contributed by atoms with E-state index in [9.17, 15) is 0 Å². The maximum atomic E-state index is 8.98. The molecule has 0 amide bonds. The van der Waals surface area contributed by atoms with Crippen LogP contribution in [0.4, 0.5) is 5.69 Å². The Kier molecular flexibility index (Phi) is 4.18. The lowest BCUT2D eigenvalue weighted by Crippen LogP contribution is -2.55. The predicted octanol–water partition coefficient (Wildman–Crippen LogP) is 1.62. The lowest BCUT2D eigenvalue weighted by atomic mass is 10.0. The number of amidine groups is 1. The number of nitrogens with two attached hydrogens (primary N) is 1. The van der Waals surface area contributed by atoms with Crippen LogP contribution in [0.15, 0.2) is 23.4 Å². The molecule has 5 nitrogen and oxygen atoms in total. The molecule has 1 aromatic carbocycles. The number of aryl methyl sites for hydroxylation is 1. The molecular formula is C15H24N4O. The average Bonchev–Trinajstić information content (AvgIpc) is 2.43. The molecular weight excluding hydrogens is 252 g/mol. The Bertz CT molecular complexity index is 503. The van der Waals surface area contributed by atoms with Crippen molar-refractivity contribution >= 4 is 11.5 Å². The van der Waals surface area contributed by atoms with Crippen LogP contribution in [0, 0.1) is 6.92 Å². The zero-order valence-corrected chi connectivity index (χ0v) is 12.7. The summed E-state index contributed by atoms with van der Waals surface area (Å²) in [5, 5.41) is 12.1. The third-order valence-corrected chi connectivity index (χ3v) is 4.24. The van der Waals surface area contributed by atoms with Crippen LogP contribution in [0.3, 0.4) is 0 Å². The summed E-state index contributed by atoms with van der Waals surface area (Å²) in [5.41, 5.74) is 8.77. The van der Waals surface area contributed by atoms with Gasteiger partial charge in [-0.15, -0.1) is 0 Å². The highest BCUT2D eigenvalue weighted by atomic mass is 16.4. The Labute approximate surface area is 120 Å². The molecule has 3 N–H and O–H groups in total. The highest BCUT2D eigenvalue weighted by molar-refractivity contribution is 6.02. The van der Waals surface area contributed by atoms with E-state index >= 15 is 0 Å². The van der Waals surface area contributed by atoms with E-state index in [4.69, 9.17) is 10.9 Å². The molecule has 0 spiro atoms. The van der Waals surface area contributed by atoms with Gasteiger partial charge in [0.05, 0.1) is 0 Å². The summed E-state index contributed by atoms with van der Waals surface area (Å²) in [7, 11) is 2.16. The summed E-state index contributed by atoms with van der Waals surface area (Å²) < 4.78 is 0. The number of benzene rings is 1. The highest BCUT2D eigenvalue weighted by Gasteiger charge is 2.28. The SMILES string of the molecule is Cc1ccc(N2CC(C)N(C)C(C)C2)c(/C(N)=N/O)c1. The number of piperazine rings is 1. The third kappa shape index (κ3) is 2.72. The molecule has 1 saturated heterocycles. The molecule has 1 aliphatic heterocycles. The van der Waals surface area contributed by atoms with Gasteiger partial charge >= 0.3 is 0 Å². The Morgan fingerprint density at radius 3 is 2.45 bits per heavy atom. The molecule has 1 aliphatic rings. The van der Waals surface area contributed by atoms with Crippen molar-refractivity contribution in [1.82, 2.24) is 4.90 Å². The molecule has 0 radical (unpaired) electrons. The van der Waals surface area contributed by atoms with Crippen LogP contribution in [0.5, 0.6) is 0 Å². The Morgan fingerprint density at radius 2 is 1.90 bits per heavy atom. The van der Waals surface area contributed by atoms with Gasteiger partial charge in [-0.1, -0.05) is 16.8 Å². The van der Waals surface area contributed by atoms with Gasteiger partial charge in [-0.25, -0.2) is 0 Å². The molecule has 2 atom stereocenters. The standard InChI is InChI=1S/C15H24N4O/c1-10-5-6-14(13(7-10)15(16)17-20)19-8-11(2)18(4)12(3)9-19/h5-7,11-12,20H,8-9H2,1-4H3,(H2,16,17). The first-order chi connectivity index (χ1) is 9.43. The molecule has 0 bridgehead atoms. The minimum Gasteiger partial charge on any atom is -0.409 e. The summed E-state index contributed by atoms with van der Waals surface area (Å²) in [5.74, 6) is 0.169. The Morgan fingerprint density at radius 1 is 1.30 bits per heavy atom. The van der Waals surface area contributed by atoms with Crippen LogP contribution in [-0.2, 0) is 0 Å². The van der Waals surface area contributed by atoms with Gasteiger partial charge in [-0.05, 0) is 40.0 Å². The minimum atomic E-state index is 0.169. The van der Waals surface area contributed by atoms with Crippen LogP contribution < -0.4 is 10.6 Å². The average molecular weight is 276 g/mol. The van der Waals surface area contributed by atoms with Crippen LogP contribution in [0.2, 0.25) is 0 Å². The van der Waals surface area contributed by atoms with E-state index in [1.165, 1.54) is 0 Å². The van der Waals surface area contributed by atoms with Crippen molar-refractivity contribution in [2.24, 2.45) is 10.9 Å². The second-order valence-electron chi connectivity index (χ2n) is 5.77. The van der Waals surface area contributed by atoms with E-state index in [1.807, 2.05) is 13.0 Å². The van der Waals surface area contributed by atoms with Crippen molar-refractivity contribution < 1.29 is 5.21 Å². The summed E-state index contributed by atoms with van der Waals surface area (Å²) in [6.07, 6.45) is 0. The molecule has 1 aromatic rings. The number of hydrogen-bond donors (Lipinski definition) is 2. The summed E-state index contributed by atoms with van der Waals surface area (Å²) >= 11 is 0. The molecule has 1 heterocycles. The molecule has 110 valence electrons. The number of rotatable bonds is 2. The highest BCUT2D eigenvalue weighted by Crippen LogP contribution is 2.26. The van der Waals surface area contributed by atoms with Gasteiger partial charge in [-0.2, -0.15) is 0 Å². The van der Waals surface area contributed by atoms with Crippen molar-refractivity contribution in [2.75, 3.05) is 25.0 Å². The molecule has 2 rings (SSSR count). The number of hydrogen-bond acceptors (Lipinski definition) is 4. The zero-order chi connectivity index (χ0) is 14.9. The first-order valence-corrected chi connectivity index (χ1v) is 6.99. The summed E-state index contributed by atoms with van der Waals surface area (Å²) in [4.78, 5) is 4.70. The van der Waals surface area contributed by atoms with Crippen LogP contribution in [-0.4, -0.2) is 48.2 Å². The van der Waals surface area contributed by atoms with E-state index in [0.717, 1.165) is 29.9 Å². The van der Waals surface area contributed by atoms with Gasteiger partial charge < -0.3 is 15.8 Å². The van der Waals surface area contributed by atoms with Crippen molar-refractivity contribution in [3.05, 3.63) is 29.3 Å². The smallest absolute Gasteiger partial charge is 0.172 e. The number of oxime groups is 1. The second-order valence-corrected chi connectivity index (χ2v) is 5.77. The van der Waals surface area contributed by atoms with Gasteiger partial charge in [0.2, 0.25) is 0 Å². The molecule has 20 heavy (non-hydrogen) atoms. The van der Waals surface area contributed by atoms with Crippen LogP contribution in [0.1, 0.15) is 25.0 Å². The van der Waals surface area contributed by atoms with Crippen LogP contribution in [0.25, 0.3) is 0 Å². The molecule has 2 unspecified atom stereocenters. The van der Waals surface area contributed by atoms with Crippen molar-refractivity contribution in [3.8, 4) is 0 Å². The number of nitrogens with zero attached hydrogens (tertiary/aromatic N) is 3. The maximum absolute atomic E-state index is 8.98. The van der Waals surface area contributed by atoms with Gasteiger partial charge in [0.1, 0.15) is 0 Å². The first-order valence-electron chi connectivity index (χ1n) is 6.99. The van der Waals surface area contributed by atoms with Gasteiger partial charge in [0.15, 0.2) is 5.84 Å². The molecule has 0 saturated carbocycles. The monoisotopic (exact) mass is 276 g/mol. The van der Waals surface area contributed by atoms with E-state index in [0.29, 0.717) is 12.1 Å². The first kappa shape index (κ1) is 14.7. The molecule has 5 heteroatoms. The molecule has 0 aliphatic carbocycles. The topological polar surface area (TPSA) is 65.1 Å². The van der Waals surface area contributed by atoms with Gasteiger partial charge in [-0.3, -0.25) is 4.90 Å². The minimum absolute atomic E-state index is 0.169. The quantitative estimate of drug-likeness (QED) is 0.373. The predicted molar refractivity (Wildman–Crippen MR) is 82.6 cm³/mol. The van der Waals surface area contributed by atoms with Crippen molar-refractivity contribution in [3.63, 3.8) is 0 Å². The van der Waals surface area contributed by atoms with E-state index in [1.54, 1.807) is 0 Å². The fraction of sp³-hybridized carbons (Fsp3) is 0.533. The Balaban J connectivity index is 2.38. The van der Waals surface area contributed by atoms with Gasteiger partial charge in [0.25, 0.3) is 0 Å². The summed E-state index contributed by atoms with van der Waals surface area (Å²) in [6.45, 7) is 8.33. The van der Waals surface area contributed by atoms with E-state index < -0.39 is 0 Å². The Hall–Kier alpha value is -1.75. The maximum Gasteiger partial charge on any atom is 0.172 e. The van der Waals surface area contributed by atoms with Crippen molar-refractivity contribution in [2.45, 2.75) is 32.9 Å². The lowest BCUT2D eigenvalue weighted by Gasteiger charge is -2.44. The normalized spacial score (nSPS) is 25.0. The van der Waals surface area contributed by atoms with Crippen LogP contribution >= 0.6 is 0 Å². The number of likely N-dealkylation sites (N-methyl/N-ethyl adjacent to an activating group) is 1. The number of anilines is 1. The zero-order valence-electron chi connectivity index (χ0n) is 12.7. The molecule has 1 fully saturated rings. The third-order valence-electron chi connectivity index (χ3n) is 4.24. The second kappa shape index (κ2) is 5.71. The van der Waals surface area contributed by atoms with Crippen molar-refractivity contribution in [1.29, 1.82) is 0 Å². The fourth-order valence-corrected chi connectivity index (χ4v) is 2.79. The fourth-order valence-electron chi connectivity index (χ4n) is 2.79. The molecule has 0 aromatic heterocycles. The van der Waals surface area contributed by atoms with Gasteiger partial charge in [0, 0.05) is 36.4 Å². The summed E-state index contributed by atoms with van der Waals surface area (Å²) in [6, 6.07) is 7.04. The van der Waals surface area contributed by atoms with E-state index in [-0.39, 0.29) is 5.84 Å². The lowest BCUT2D eigenvalue weighted by molar-refractivity contribution is 0.170. The largest absolute Gasteiger partial charge is 0.409 e.